The van der Waals surface area contributed by atoms with Crippen LogP contribution in [0.4, 0.5) is 0 Å². The van der Waals surface area contributed by atoms with Crippen LogP contribution in [0.1, 0.15) is 90.9 Å². The number of epoxide rings is 1. The molecular formula is C17H32O2. The molecule has 0 N–H and O–H groups in total. The Labute approximate surface area is 119 Å². The summed E-state index contributed by atoms with van der Waals surface area (Å²) in [5, 5.41) is 0. The van der Waals surface area contributed by atoms with Crippen LogP contribution in [0.2, 0.25) is 0 Å². The second kappa shape index (κ2) is 7.64. The molecule has 2 aliphatic heterocycles. The van der Waals surface area contributed by atoms with E-state index in [0.29, 0.717) is 6.10 Å². The van der Waals surface area contributed by atoms with Gasteiger partial charge in [-0.05, 0) is 26.7 Å². The van der Waals surface area contributed by atoms with Crippen molar-refractivity contribution in [1.82, 2.24) is 0 Å². The van der Waals surface area contributed by atoms with Gasteiger partial charge in [0.2, 0.25) is 0 Å². The molecular weight excluding hydrogens is 236 g/mol. The molecule has 0 aromatic heterocycles. The van der Waals surface area contributed by atoms with Crippen LogP contribution in [-0.2, 0) is 9.47 Å². The Kier molecular flexibility index (Phi) is 6.15. The minimum atomic E-state index is -0.00349. The molecule has 19 heavy (non-hydrogen) atoms. The Balaban J connectivity index is 1.72. The lowest BCUT2D eigenvalue weighted by Crippen LogP contribution is -2.26. The Morgan fingerprint density at radius 2 is 1.26 bits per heavy atom. The van der Waals surface area contributed by atoms with Crippen LogP contribution >= 0.6 is 0 Å². The summed E-state index contributed by atoms with van der Waals surface area (Å²) >= 11 is 0. The van der Waals surface area contributed by atoms with Gasteiger partial charge in [-0.1, -0.05) is 64.2 Å². The molecule has 2 rings (SSSR count). The molecule has 0 spiro atoms. The first-order valence-electron chi connectivity index (χ1n) is 8.51. The topological polar surface area (TPSA) is 21.8 Å². The maximum absolute atomic E-state index is 6.09. The maximum atomic E-state index is 6.09. The third-order valence-electron chi connectivity index (χ3n) is 4.49. The molecule has 0 amide bonds. The predicted octanol–water partition coefficient (Wildman–Crippen LogP) is 5.20. The summed E-state index contributed by atoms with van der Waals surface area (Å²) in [4.78, 5) is 0. The molecule has 2 atom stereocenters. The van der Waals surface area contributed by atoms with E-state index >= 15 is 0 Å². The van der Waals surface area contributed by atoms with Crippen molar-refractivity contribution in [2.45, 2.75) is 109 Å². The van der Waals surface area contributed by atoms with E-state index in [2.05, 4.69) is 13.8 Å². The van der Waals surface area contributed by atoms with E-state index in [1.165, 1.54) is 77.0 Å². The summed E-state index contributed by atoms with van der Waals surface area (Å²) in [6.45, 7) is 4.43. The largest absolute Gasteiger partial charge is 0.344 e. The van der Waals surface area contributed by atoms with E-state index in [0.717, 1.165) is 0 Å². The highest BCUT2D eigenvalue weighted by atomic mass is 16.8. The van der Waals surface area contributed by atoms with Crippen LogP contribution < -0.4 is 0 Å². The highest BCUT2D eigenvalue weighted by Gasteiger charge is 2.42. The predicted molar refractivity (Wildman–Crippen MR) is 79.2 cm³/mol. The van der Waals surface area contributed by atoms with Gasteiger partial charge in [0.25, 0.3) is 0 Å². The van der Waals surface area contributed by atoms with Gasteiger partial charge in [0, 0.05) is 0 Å². The number of rotatable bonds is 0. The molecule has 2 aliphatic rings. The van der Waals surface area contributed by atoms with Gasteiger partial charge in [0.15, 0.2) is 6.29 Å². The number of ether oxygens (including phenoxy) is 2. The average molecular weight is 268 g/mol. The Morgan fingerprint density at radius 1 is 0.737 bits per heavy atom. The molecule has 2 nitrogen and oxygen atoms in total. The Morgan fingerprint density at radius 3 is 1.89 bits per heavy atom. The van der Waals surface area contributed by atoms with Crippen molar-refractivity contribution in [2.24, 2.45) is 0 Å². The quantitative estimate of drug-likeness (QED) is 0.563. The summed E-state index contributed by atoms with van der Waals surface area (Å²) in [5.41, 5.74) is -0.00349. The summed E-state index contributed by atoms with van der Waals surface area (Å²) in [6.07, 6.45) is 16.7. The number of hydrogen-bond donors (Lipinski definition) is 0. The van der Waals surface area contributed by atoms with Crippen LogP contribution in [0, 0.1) is 0 Å². The van der Waals surface area contributed by atoms with E-state index in [9.17, 15) is 0 Å². The third kappa shape index (κ3) is 6.27. The molecule has 0 aliphatic carbocycles. The lowest BCUT2D eigenvalue weighted by atomic mass is 9.98. The lowest BCUT2D eigenvalue weighted by Gasteiger charge is -2.24. The minimum Gasteiger partial charge on any atom is -0.344 e. The van der Waals surface area contributed by atoms with Crippen molar-refractivity contribution in [3.8, 4) is 0 Å². The van der Waals surface area contributed by atoms with E-state index in [1.54, 1.807) is 0 Å². The second-order valence-corrected chi connectivity index (χ2v) is 6.99. The first-order valence-corrected chi connectivity index (χ1v) is 8.51. The molecule has 2 saturated heterocycles. The fourth-order valence-electron chi connectivity index (χ4n) is 3.12. The normalized spacial score (nSPS) is 34.4. The van der Waals surface area contributed by atoms with Crippen molar-refractivity contribution in [3.05, 3.63) is 0 Å². The van der Waals surface area contributed by atoms with Gasteiger partial charge >= 0.3 is 0 Å². The van der Waals surface area contributed by atoms with Crippen LogP contribution in [0.15, 0.2) is 0 Å². The number of fused-ring (bicyclic) bond motifs is 1. The maximum Gasteiger partial charge on any atom is 0.184 e. The average Bonchev–Trinajstić information content (AvgIpc) is 3.06. The molecule has 0 aromatic carbocycles. The zero-order chi connectivity index (χ0) is 13.6. The third-order valence-corrected chi connectivity index (χ3v) is 4.49. The SMILES string of the molecule is CC1(C)CCCCCCCCCCCCC2OC2O1. The van der Waals surface area contributed by atoms with Crippen molar-refractivity contribution in [1.29, 1.82) is 0 Å². The molecule has 2 fully saturated rings. The van der Waals surface area contributed by atoms with Crippen LogP contribution in [-0.4, -0.2) is 18.0 Å². The lowest BCUT2D eigenvalue weighted by molar-refractivity contribution is -0.0742. The van der Waals surface area contributed by atoms with E-state index in [1.807, 2.05) is 0 Å². The van der Waals surface area contributed by atoms with Gasteiger partial charge in [-0.25, -0.2) is 0 Å². The molecule has 2 heterocycles. The van der Waals surface area contributed by atoms with Gasteiger partial charge in [-0.15, -0.1) is 0 Å². The van der Waals surface area contributed by atoms with Crippen molar-refractivity contribution in [3.63, 3.8) is 0 Å². The smallest absolute Gasteiger partial charge is 0.184 e. The van der Waals surface area contributed by atoms with E-state index in [4.69, 9.17) is 9.47 Å². The second-order valence-electron chi connectivity index (χ2n) is 6.99. The molecule has 2 heteroatoms. The Hall–Kier alpha value is -0.0800. The first kappa shape index (κ1) is 15.3. The Bertz CT molecular complexity index is 250. The molecule has 0 saturated carbocycles. The van der Waals surface area contributed by atoms with Crippen molar-refractivity contribution >= 4 is 0 Å². The van der Waals surface area contributed by atoms with Crippen LogP contribution in [0.25, 0.3) is 0 Å². The van der Waals surface area contributed by atoms with Gasteiger partial charge < -0.3 is 9.47 Å². The van der Waals surface area contributed by atoms with Gasteiger partial charge in [-0.2, -0.15) is 0 Å². The van der Waals surface area contributed by atoms with E-state index in [-0.39, 0.29) is 11.9 Å². The van der Waals surface area contributed by atoms with Gasteiger partial charge in [0.1, 0.15) is 6.10 Å². The van der Waals surface area contributed by atoms with Crippen molar-refractivity contribution in [2.75, 3.05) is 0 Å². The molecule has 0 bridgehead atoms. The van der Waals surface area contributed by atoms with Gasteiger partial charge in [-0.3, -0.25) is 0 Å². The number of hydrogen-bond acceptors (Lipinski definition) is 2. The summed E-state index contributed by atoms with van der Waals surface area (Å²) in [5.74, 6) is 0. The first-order chi connectivity index (χ1) is 9.17. The summed E-state index contributed by atoms with van der Waals surface area (Å²) < 4.78 is 11.7. The molecule has 0 aromatic rings. The van der Waals surface area contributed by atoms with Crippen LogP contribution in [0.3, 0.4) is 0 Å². The molecule has 2 unspecified atom stereocenters. The molecule has 112 valence electrons. The fraction of sp³-hybridized carbons (Fsp3) is 1.00. The monoisotopic (exact) mass is 268 g/mol. The minimum absolute atomic E-state index is 0.00349. The van der Waals surface area contributed by atoms with E-state index < -0.39 is 0 Å². The highest BCUT2D eigenvalue weighted by molar-refractivity contribution is 4.81. The zero-order valence-electron chi connectivity index (χ0n) is 13.0. The van der Waals surface area contributed by atoms with Crippen LogP contribution in [0.5, 0.6) is 0 Å². The van der Waals surface area contributed by atoms with Crippen molar-refractivity contribution < 1.29 is 9.47 Å². The molecule has 0 radical (unpaired) electrons. The zero-order valence-corrected chi connectivity index (χ0v) is 13.0. The highest BCUT2D eigenvalue weighted by Crippen LogP contribution is 2.34. The fourth-order valence-corrected chi connectivity index (χ4v) is 3.12. The standard InChI is InChI=1S/C17H32O2/c1-17(2)14-12-10-8-6-4-3-5-7-9-11-13-15-16(18-15)19-17/h15-16H,3-14H2,1-2H3. The summed E-state index contributed by atoms with van der Waals surface area (Å²) in [6, 6.07) is 0. The van der Waals surface area contributed by atoms with Gasteiger partial charge in [0.05, 0.1) is 5.60 Å². The summed E-state index contributed by atoms with van der Waals surface area (Å²) in [7, 11) is 0.